The molecule has 1 N–H and O–H groups in total. The highest BCUT2D eigenvalue weighted by Crippen LogP contribution is 2.24. The van der Waals surface area contributed by atoms with Gasteiger partial charge in [0.05, 0.1) is 17.2 Å². The Labute approximate surface area is 156 Å². The lowest BCUT2D eigenvalue weighted by atomic mass is 10.1. The third kappa shape index (κ3) is 5.66. The highest BCUT2D eigenvalue weighted by molar-refractivity contribution is 7.98. The first-order chi connectivity index (χ1) is 12.0. The molecule has 25 heavy (non-hydrogen) atoms. The molecule has 0 unspecified atom stereocenters. The quantitative estimate of drug-likeness (QED) is 0.443. The molecular weight excluding hydrogens is 358 g/mol. The fourth-order valence-electron chi connectivity index (χ4n) is 2.04. The van der Waals surface area contributed by atoms with Crippen molar-refractivity contribution in [1.82, 2.24) is 0 Å². The summed E-state index contributed by atoms with van der Waals surface area (Å²) in [5.74, 6) is -0.654. The van der Waals surface area contributed by atoms with E-state index in [-0.39, 0.29) is 11.9 Å². The van der Waals surface area contributed by atoms with E-state index >= 15 is 0 Å². The number of rotatable bonds is 6. The van der Waals surface area contributed by atoms with Gasteiger partial charge in [0, 0.05) is 16.7 Å². The standard InChI is InChI=1S/C19H18ClNO3S/c1-3-24-18(22)11-6-13-4-7-14(8-5-13)21-19(23)16-12-15(25-2)9-10-17(16)20/h4-12H,3H2,1-2H3,(H,21,23)/b11-6+. The number of ether oxygens (including phenoxy) is 1. The molecule has 0 bridgehead atoms. The molecule has 0 aliphatic heterocycles. The summed E-state index contributed by atoms with van der Waals surface area (Å²) in [5.41, 5.74) is 1.90. The minimum Gasteiger partial charge on any atom is -0.463 e. The molecule has 4 nitrogen and oxygen atoms in total. The van der Waals surface area contributed by atoms with Crippen LogP contribution in [0.3, 0.4) is 0 Å². The molecule has 0 spiro atoms. The summed E-state index contributed by atoms with van der Waals surface area (Å²) in [7, 11) is 0. The van der Waals surface area contributed by atoms with Crippen LogP contribution in [-0.4, -0.2) is 24.7 Å². The van der Waals surface area contributed by atoms with Crippen LogP contribution in [0.25, 0.3) is 6.08 Å². The van der Waals surface area contributed by atoms with Gasteiger partial charge in [-0.3, -0.25) is 4.79 Å². The monoisotopic (exact) mass is 375 g/mol. The first-order valence-corrected chi connectivity index (χ1v) is 9.23. The Hall–Kier alpha value is -2.24. The Morgan fingerprint density at radius 2 is 1.92 bits per heavy atom. The molecule has 130 valence electrons. The van der Waals surface area contributed by atoms with E-state index in [2.05, 4.69) is 5.32 Å². The minimum atomic E-state index is -0.386. The van der Waals surface area contributed by atoms with E-state index in [1.165, 1.54) is 6.08 Å². The number of nitrogens with one attached hydrogen (secondary N) is 1. The number of amides is 1. The number of thioether (sulfide) groups is 1. The molecule has 2 aromatic rings. The second kappa shape index (κ2) is 9.30. The maximum Gasteiger partial charge on any atom is 0.330 e. The molecular formula is C19H18ClNO3S. The van der Waals surface area contributed by atoms with Crippen molar-refractivity contribution in [1.29, 1.82) is 0 Å². The average Bonchev–Trinajstić information content (AvgIpc) is 2.61. The molecule has 0 atom stereocenters. The van der Waals surface area contributed by atoms with Crippen molar-refractivity contribution < 1.29 is 14.3 Å². The number of carbonyl (C=O) groups is 2. The van der Waals surface area contributed by atoms with Crippen LogP contribution in [0.5, 0.6) is 0 Å². The van der Waals surface area contributed by atoms with Crippen LogP contribution in [0.1, 0.15) is 22.8 Å². The summed E-state index contributed by atoms with van der Waals surface area (Å²) in [6, 6.07) is 12.5. The molecule has 6 heteroatoms. The minimum absolute atomic E-state index is 0.268. The van der Waals surface area contributed by atoms with Gasteiger partial charge in [-0.05, 0) is 55.2 Å². The summed E-state index contributed by atoms with van der Waals surface area (Å²) in [6.45, 7) is 2.10. The zero-order chi connectivity index (χ0) is 18.2. The van der Waals surface area contributed by atoms with Gasteiger partial charge in [0.2, 0.25) is 0 Å². The Kier molecular flexibility index (Phi) is 7.10. The molecule has 1 amide bonds. The van der Waals surface area contributed by atoms with Gasteiger partial charge in [-0.1, -0.05) is 23.7 Å². The smallest absolute Gasteiger partial charge is 0.330 e. The summed E-state index contributed by atoms with van der Waals surface area (Å²) in [5, 5.41) is 3.22. The molecule has 2 rings (SSSR count). The van der Waals surface area contributed by atoms with Gasteiger partial charge in [0.25, 0.3) is 5.91 Å². The Morgan fingerprint density at radius 1 is 1.20 bits per heavy atom. The lowest BCUT2D eigenvalue weighted by Gasteiger charge is -2.08. The van der Waals surface area contributed by atoms with Gasteiger partial charge in [0.15, 0.2) is 0 Å². The molecule has 0 aliphatic rings. The van der Waals surface area contributed by atoms with Crippen LogP contribution < -0.4 is 5.32 Å². The maximum atomic E-state index is 12.4. The molecule has 0 heterocycles. The van der Waals surface area contributed by atoms with E-state index in [1.807, 2.05) is 12.3 Å². The number of benzene rings is 2. The van der Waals surface area contributed by atoms with E-state index < -0.39 is 0 Å². The lowest BCUT2D eigenvalue weighted by Crippen LogP contribution is -2.12. The molecule has 0 radical (unpaired) electrons. The zero-order valence-electron chi connectivity index (χ0n) is 13.9. The normalized spacial score (nSPS) is 10.7. The van der Waals surface area contributed by atoms with Gasteiger partial charge >= 0.3 is 5.97 Å². The van der Waals surface area contributed by atoms with Crippen molar-refractivity contribution in [2.75, 3.05) is 18.2 Å². The molecule has 0 fully saturated rings. The Balaban J connectivity index is 2.06. The molecule has 0 aromatic heterocycles. The SMILES string of the molecule is CCOC(=O)/C=C/c1ccc(NC(=O)c2cc(SC)ccc2Cl)cc1. The number of anilines is 1. The number of esters is 1. The summed E-state index contributed by atoms with van der Waals surface area (Å²) >= 11 is 7.66. The third-order valence-electron chi connectivity index (χ3n) is 3.29. The van der Waals surface area contributed by atoms with E-state index in [4.69, 9.17) is 16.3 Å². The van der Waals surface area contributed by atoms with Gasteiger partial charge in [-0.2, -0.15) is 0 Å². The fraction of sp³-hybridized carbons (Fsp3) is 0.158. The maximum absolute atomic E-state index is 12.4. The lowest BCUT2D eigenvalue weighted by molar-refractivity contribution is -0.137. The number of hydrogen-bond donors (Lipinski definition) is 1. The van der Waals surface area contributed by atoms with Crippen LogP contribution in [0.15, 0.2) is 53.4 Å². The fourth-order valence-corrected chi connectivity index (χ4v) is 2.68. The Bertz CT molecular complexity index is 788. The van der Waals surface area contributed by atoms with Crippen molar-refractivity contribution in [2.24, 2.45) is 0 Å². The largest absolute Gasteiger partial charge is 0.463 e. The van der Waals surface area contributed by atoms with Crippen molar-refractivity contribution >= 4 is 47.0 Å². The predicted octanol–water partition coefficient (Wildman–Crippen LogP) is 4.89. The second-order valence-corrected chi connectivity index (χ2v) is 6.29. The van der Waals surface area contributed by atoms with E-state index in [1.54, 1.807) is 61.2 Å². The molecule has 0 aliphatic carbocycles. The van der Waals surface area contributed by atoms with E-state index in [0.29, 0.717) is 22.9 Å². The van der Waals surface area contributed by atoms with Gasteiger partial charge < -0.3 is 10.1 Å². The molecule has 2 aromatic carbocycles. The summed E-state index contributed by atoms with van der Waals surface area (Å²) in [4.78, 5) is 24.7. The van der Waals surface area contributed by atoms with E-state index in [0.717, 1.165) is 10.5 Å². The average molecular weight is 376 g/mol. The highest BCUT2D eigenvalue weighted by atomic mass is 35.5. The zero-order valence-corrected chi connectivity index (χ0v) is 15.5. The predicted molar refractivity (Wildman–Crippen MR) is 103 cm³/mol. The first kappa shape index (κ1) is 19.1. The van der Waals surface area contributed by atoms with Crippen LogP contribution >= 0.6 is 23.4 Å². The van der Waals surface area contributed by atoms with Crippen LogP contribution in [0.2, 0.25) is 5.02 Å². The van der Waals surface area contributed by atoms with Crippen LogP contribution in [0, 0.1) is 0 Å². The third-order valence-corrected chi connectivity index (χ3v) is 4.34. The molecule has 0 saturated heterocycles. The second-order valence-electron chi connectivity index (χ2n) is 5.01. The summed E-state index contributed by atoms with van der Waals surface area (Å²) in [6.07, 6.45) is 4.96. The first-order valence-electron chi connectivity index (χ1n) is 7.63. The van der Waals surface area contributed by atoms with E-state index in [9.17, 15) is 9.59 Å². The van der Waals surface area contributed by atoms with Crippen molar-refractivity contribution in [3.63, 3.8) is 0 Å². The highest BCUT2D eigenvalue weighted by Gasteiger charge is 2.11. The van der Waals surface area contributed by atoms with Gasteiger partial charge in [-0.15, -0.1) is 11.8 Å². The topological polar surface area (TPSA) is 55.4 Å². The number of halogens is 1. The van der Waals surface area contributed by atoms with Crippen LogP contribution in [0.4, 0.5) is 5.69 Å². The van der Waals surface area contributed by atoms with Gasteiger partial charge in [0.1, 0.15) is 0 Å². The van der Waals surface area contributed by atoms with Crippen molar-refractivity contribution in [2.45, 2.75) is 11.8 Å². The van der Waals surface area contributed by atoms with Crippen molar-refractivity contribution in [3.05, 3.63) is 64.7 Å². The van der Waals surface area contributed by atoms with Gasteiger partial charge in [-0.25, -0.2) is 4.79 Å². The van der Waals surface area contributed by atoms with Crippen molar-refractivity contribution in [3.8, 4) is 0 Å². The Morgan fingerprint density at radius 3 is 2.56 bits per heavy atom. The summed E-state index contributed by atoms with van der Waals surface area (Å²) < 4.78 is 4.82. The van der Waals surface area contributed by atoms with Crippen LogP contribution in [-0.2, 0) is 9.53 Å². The molecule has 0 saturated carbocycles. The number of hydrogen-bond acceptors (Lipinski definition) is 4. The number of carbonyl (C=O) groups excluding carboxylic acids is 2.